The fraction of sp³-hybridized carbons (Fsp3) is 0.444. The molecule has 0 saturated carbocycles. The van der Waals surface area contributed by atoms with Gasteiger partial charge in [0.15, 0.2) is 0 Å². The Morgan fingerprint density at radius 1 is 1.19 bits per heavy atom. The van der Waals surface area contributed by atoms with E-state index in [1.807, 2.05) is 0 Å². The number of esters is 1. The summed E-state index contributed by atoms with van der Waals surface area (Å²) >= 11 is 0. The quantitative estimate of drug-likeness (QED) is 0.755. The average Bonchev–Trinajstić information content (AvgIpc) is 2.64. The first kappa shape index (κ1) is 18.6. The molecule has 1 aliphatic rings. The third-order valence-electron chi connectivity index (χ3n) is 4.84. The number of methoxy groups -OCH3 is 1. The van der Waals surface area contributed by atoms with Crippen LogP contribution < -0.4 is 5.56 Å². The van der Waals surface area contributed by atoms with Gasteiger partial charge in [-0.2, -0.15) is 4.31 Å². The Balaban J connectivity index is 2.16. The number of fused-ring (bicyclic) bond motifs is 1. The van der Waals surface area contributed by atoms with Crippen LogP contribution in [0.1, 0.15) is 19.8 Å². The van der Waals surface area contributed by atoms with Gasteiger partial charge in [0.05, 0.1) is 7.11 Å². The van der Waals surface area contributed by atoms with E-state index in [9.17, 15) is 18.0 Å². The molecule has 3 rings (SSSR count). The molecule has 140 valence electrons. The van der Waals surface area contributed by atoms with E-state index in [4.69, 9.17) is 0 Å². The van der Waals surface area contributed by atoms with Crippen LogP contribution in [0.15, 0.2) is 40.2 Å². The number of pyridine rings is 1. The van der Waals surface area contributed by atoms with Gasteiger partial charge in [-0.15, -0.1) is 0 Å². The minimum atomic E-state index is -3.77. The van der Waals surface area contributed by atoms with Crippen LogP contribution in [-0.4, -0.2) is 43.5 Å². The van der Waals surface area contributed by atoms with Crippen LogP contribution >= 0.6 is 0 Å². The van der Waals surface area contributed by atoms with Crippen molar-refractivity contribution in [2.75, 3.05) is 20.2 Å². The Bertz CT molecular complexity index is 988. The van der Waals surface area contributed by atoms with E-state index >= 15 is 0 Å². The Labute approximate surface area is 152 Å². The molecule has 0 unspecified atom stereocenters. The highest BCUT2D eigenvalue weighted by Crippen LogP contribution is 2.27. The van der Waals surface area contributed by atoms with E-state index in [2.05, 4.69) is 11.7 Å². The summed E-state index contributed by atoms with van der Waals surface area (Å²) in [7, 11) is -2.55. The van der Waals surface area contributed by atoms with Crippen molar-refractivity contribution >= 4 is 26.8 Å². The fourth-order valence-corrected chi connectivity index (χ4v) is 4.89. The smallest absolute Gasteiger partial charge is 0.325 e. The molecule has 26 heavy (non-hydrogen) atoms. The first-order valence-corrected chi connectivity index (χ1v) is 9.97. The van der Waals surface area contributed by atoms with E-state index in [0.717, 1.165) is 17.4 Å². The normalized spacial score (nSPS) is 16.7. The molecule has 0 bridgehead atoms. The Morgan fingerprint density at radius 2 is 1.81 bits per heavy atom. The summed E-state index contributed by atoms with van der Waals surface area (Å²) in [5, 5.41) is 0.639. The number of piperidine rings is 1. The molecule has 0 spiro atoms. The monoisotopic (exact) mass is 378 g/mol. The number of ether oxygens (including phenoxy) is 1. The molecule has 0 aliphatic carbocycles. The van der Waals surface area contributed by atoms with E-state index in [0.29, 0.717) is 24.4 Å². The van der Waals surface area contributed by atoms with Crippen molar-refractivity contribution in [2.24, 2.45) is 5.92 Å². The second kappa shape index (κ2) is 7.20. The molecule has 1 fully saturated rings. The van der Waals surface area contributed by atoms with Crippen LogP contribution in [0.3, 0.4) is 0 Å². The number of nitrogens with zero attached hydrogens (tertiary/aromatic N) is 2. The largest absolute Gasteiger partial charge is 0.468 e. The van der Waals surface area contributed by atoms with Gasteiger partial charge in [-0.3, -0.25) is 9.59 Å². The maximum atomic E-state index is 13.2. The number of benzene rings is 1. The Morgan fingerprint density at radius 3 is 2.42 bits per heavy atom. The van der Waals surface area contributed by atoms with E-state index in [-0.39, 0.29) is 16.8 Å². The highest BCUT2D eigenvalue weighted by molar-refractivity contribution is 7.89. The van der Waals surface area contributed by atoms with Crippen molar-refractivity contribution in [3.8, 4) is 0 Å². The van der Waals surface area contributed by atoms with Crippen molar-refractivity contribution in [1.82, 2.24) is 8.87 Å². The van der Waals surface area contributed by atoms with Crippen LogP contribution in [-0.2, 0) is 26.1 Å². The summed E-state index contributed by atoms with van der Waals surface area (Å²) in [6.45, 7) is 2.68. The SMILES string of the molecule is COC(=O)Cn1cc(S(=O)(=O)N2CCC(C)CC2)c2ccccc2c1=O. The molecule has 7 nitrogen and oxygen atoms in total. The second-order valence-electron chi connectivity index (χ2n) is 6.63. The molecule has 0 N–H and O–H groups in total. The highest BCUT2D eigenvalue weighted by atomic mass is 32.2. The Hall–Kier alpha value is -2.19. The minimum absolute atomic E-state index is 0.0474. The third-order valence-corrected chi connectivity index (χ3v) is 6.77. The first-order chi connectivity index (χ1) is 12.3. The minimum Gasteiger partial charge on any atom is -0.468 e. The molecule has 0 amide bonds. The maximum Gasteiger partial charge on any atom is 0.325 e. The van der Waals surface area contributed by atoms with Crippen molar-refractivity contribution < 1.29 is 17.9 Å². The zero-order chi connectivity index (χ0) is 18.9. The van der Waals surface area contributed by atoms with E-state index in [1.54, 1.807) is 24.3 Å². The van der Waals surface area contributed by atoms with Crippen LogP contribution in [0.25, 0.3) is 10.8 Å². The van der Waals surface area contributed by atoms with Gasteiger partial charge in [-0.1, -0.05) is 25.1 Å². The van der Waals surface area contributed by atoms with Crippen LogP contribution in [0.4, 0.5) is 0 Å². The second-order valence-corrected chi connectivity index (χ2v) is 8.54. The van der Waals surface area contributed by atoms with Crippen molar-refractivity contribution in [1.29, 1.82) is 0 Å². The molecule has 8 heteroatoms. The van der Waals surface area contributed by atoms with Crippen LogP contribution in [0.2, 0.25) is 0 Å². The van der Waals surface area contributed by atoms with Crippen molar-refractivity contribution in [3.63, 3.8) is 0 Å². The molecular weight excluding hydrogens is 356 g/mol. The number of hydrogen-bond acceptors (Lipinski definition) is 5. The number of hydrogen-bond donors (Lipinski definition) is 0. The maximum absolute atomic E-state index is 13.2. The molecule has 2 heterocycles. The van der Waals surface area contributed by atoms with Gasteiger partial charge >= 0.3 is 5.97 Å². The summed E-state index contributed by atoms with van der Waals surface area (Å²) in [5.41, 5.74) is -0.419. The Kier molecular flexibility index (Phi) is 5.15. The van der Waals surface area contributed by atoms with Gasteiger partial charge in [-0.05, 0) is 24.8 Å². The standard InChI is InChI=1S/C18H22N2O5S/c1-13-7-9-20(10-8-13)26(23,24)16-11-19(12-17(21)25-2)18(22)15-6-4-3-5-14(15)16/h3-6,11,13H,7-10,12H2,1-2H3. The topological polar surface area (TPSA) is 85.7 Å². The van der Waals surface area contributed by atoms with E-state index < -0.39 is 21.6 Å². The number of carbonyl (C=O) groups excluding carboxylic acids is 1. The number of sulfonamides is 1. The summed E-state index contributed by atoms with van der Waals surface area (Å²) in [6, 6.07) is 6.57. The summed E-state index contributed by atoms with van der Waals surface area (Å²) in [4.78, 5) is 24.3. The molecule has 0 radical (unpaired) electrons. The lowest BCUT2D eigenvalue weighted by atomic mass is 10.0. The summed E-state index contributed by atoms with van der Waals surface area (Å²) in [6.07, 6.45) is 2.87. The van der Waals surface area contributed by atoms with Gasteiger partial charge in [0.1, 0.15) is 11.4 Å². The molecule has 2 aromatic rings. The van der Waals surface area contributed by atoms with Crippen LogP contribution in [0, 0.1) is 5.92 Å². The zero-order valence-electron chi connectivity index (χ0n) is 14.8. The van der Waals surface area contributed by atoms with Gasteiger partial charge in [0.2, 0.25) is 10.0 Å². The molecular formula is C18H22N2O5S. The summed E-state index contributed by atoms with van der Waals surface area (Å²) < 4.78 is 33.6. The molecule has 1 saturated heterocycles. The average molecular weight is 378 g/mol. The lowest BCUT2D eigenvalue weighted by Crippen LogP contribution is -2.38. The van der Waals surface area contributed by atoms with Crippen LogP contribution in [0.5, 0.6) is 0 Å². The molecule has 0 atom stereocenters. The van der Waals surface area contributed by atoms with Gasteiger partial charge < -0.3 is 9.30 Å². The van der Waals surface area contributed by atoms with Crippen molar-refractivity contribution in [2.45, 2.75) is 31.2 Å². The van der Waals surface area contributed by atoms with Crippen molar-refractivity contribution in [3.05, 3.63) is 40.8 Å². The lowest BCUT2D eigenvalue weighted by molar-refractivity contribution is -0.141. The predicted octanol–water partition coefficient (Wildman–Crippen LogP) is 1.60. The number of aromatic nitrogens is 1. The third kappa shape index (κ3) is 3.39. The van der Waals surface area contributed by atoms with E-state index in [1.165, 1.54) is 17.6 Å². The molecule has 1 aromatic carbocycles. The number of rotatable bonds is 4. The predicted molar refractivity (Wildman–Crippen MR) is 97.4 cm³/mol. The fourth-order valence-electron chi connectivity index (χ4n) is 3.20. The molecule has 1 aromatic heterocycles. The van der Waals surface area contributed by atoms with Gasteiger partial charge in [0.25, 0.3) is 5.56 Å². The molecule has 1 aliphatic heterocycles. The highest BCUT2D eigenvalue weighted by Gasteiger charge is 2.30. The number of carbonyl (C=O) groups is 1. The lowest BCUT2D eigenvalue weighted by Gasteiger charge is -2.29. The summed E-state index contributed by atoms with van der Waals surface area (Å²) in [5.74, 6) is -0.121. The van der Waals surface area contributed by atoms with Gasteiger partial charge in [0, 0.05) is 30.1 Å². The first-order valence-electron chi connectivity index (χ1n) is 8.53. The zero-order valence-corrected chi connectivity index (χ0v) is 15.7. The van der Waals surface area contributed by atoms with Gasteiger partial charge in [-0.25, -0.2) is 8.42 Å².